The molecule has 1 aliphatic rings. The topological polar surface area (TPSA) is 47.5 Å². The third-order valence-electron chi connectivity index (χ3n) is 3.36. The van der Waals surface area contributed by atoms with Crippen LogP contribution in [0.25, 0.3) is 0 Å². The van der Waals surface area contributed by atoms with Gasteiger partial charge in [0.15, 0.2) is 11.5 Å². The molecule has 5 nitrogen and oxygen atoms in total. The summed E-state index contributed by atoms with van der Waals surface area (Å²) >= 11 is 7.28. The van der Waals surface area contributed by atoms with Gasteiger partial charge in [0.05, 0.1) is 0 Å². The molecule has 0 bridgehead atoms. The Morgan fingerprint density at radius 1 is 1.38 bits per heavy atom. The van der Waals surface area contributed by atoms with E-state index in [-0.39, 0.29) is 6.10 Å². The zero-order chi connectivity index (χ0) is 14.7. The number of hydrogen-bond acceptors (Lipinski definition) is 6. The lowest BCUT2D eigenvalue weighted by Gasteiger charge is -2.30. The molecule has 112 valence electrons. The normalized spacial score (nSPS) is 17.2. The molecule has 0 saturated heterocycles. The third kappa shape index (κ3) is 3.45. The minimum atomic E-state index is 0.00483. The van der Waals surface area contributed by atoms with Crippen molar-refractivity contribution in [2.24, 2.45) is 0 Å². The second-order valence-electron chi connectivity index (χ2n) is 4.82. The molecule has 7 heteroatoms. The Hall–Kier alpha value is -1.37. The van der Waals surface area contributed by atoms with Crippen molar-refractivity contribution in [1.29, 1.82) is 0 Å². The van der Waals surface area contributed by atoms with Crippen molar-refractivity contribution in [3.8, 4) is 11.5 Å². The summed E-state index contributed by atoms with van der Waals surface area (Å²) < 4.78 is 16.2. The summed E-state index contributed by atoms with van der Waals surface area (Å²) in [6, 6.07) is 7.74. The fraction of sp³-hybridized carbons (Fsp3) is 0.429. The van der Waals surface area contributed by atoms with Crippen molar-refractivity contribution in [1.82, 2.24) is 14.5 Å². The molecule has 0 fully saturated rings. The lowest BCUT2D eigenvalue weighted by Crippen LogP contribution is -2.40. The first-order valence-electron chi connectivity index (χ1n) is 6.84. The third-order valence-corrected chi connectivity index (χ3v) is 4.34. The predicted molar refractivity (Wildman–Crippen MR) is 82.2 cm³/mol. The van der Waals surface area contributed by atoms with Gasteiger partial charge in [0.1, 0.15) is 22.7 Å². The molecule has 0 saturated carbocycles. The summed E-state index contributed by atoms with van der Waals surface area (Å²) in [4.78, 5) is 2.23. The number of ether oxygens (including phenoxy) is 2. The second-order valence-corrected chi connectivity index (χ2v) is 6.17. The van der Waals surface area contributed by atoms with E-state index in [0.29, 0.717) is 17.5 Å². The van der Waals surface area contributed by atoms with Crippen molar-refractivity contribution in [3.63, 3.8) is 0 Å². The second kappa shape index (κ2) is 6.60. The van der Waals surface area contributed by atoms with Gasteiger partial charge in [-0.05, 0) is 18.7 Å². The molecule has 0 amide bonds. The van der Waals surface area contributed by atoms with Crippen LogP contribution in [-0.2, 0) is 6.54 Å². The highest BCUT2D eigenvalue weighted by Gasteiger charge is 2.23. The quantitative estimate of drug-likeness (QED) is 0.846. The predicted octanol–water partition coefficient (Wildman–Crippen LogP) is 2.85. The van der Waals surface area contributed by atoms with E-state index in [1.54, 1.807) is 0 Å². The van der Waals surface area contributed by atoms with Crippen LogP contribution in [0.2, 0.25) is 4.34 Å². The van der Waals surface area contributed by atoms with Crippen LogP contribution in [0.15, 0.2) is 24.3 Å². The van der Waals surface area contributed by atoms with Gasteiger partial charge >= 0.3 is 0 Å². The van der Waals surface area contributed by atoms with E-state index in [2.05, 4.69) is 21.4 Å². The van der Waals surface area contributed by atoms with Gasteiger partial charge in [-0.3, -0.25) is 4.90 Å². The van der Waals surface area contributed by atoms with E-state index in [0.717, 1.165) is 30.3 Å². The molecule has 2 aromatic rings. The Balaban J connectivity index is 1.62. The first-order valence-corrected chi connectivity index (χ1v) is 7.99. The van der Waals surface area contributed by atoms with Crippen LogP contribution in [-0.4, -0.2) is 40.3 Å². The van der Waals surface area contributed by atoms with E-state index >= 15 is 0 Å². The highest BCUT2D eigenvalue weighted by Crippen LogP contribution is 2.31. The number of fused-ring (bicyclic) bond motifs is 1. The number of aromatic nitrogens is 2. The molecular formula is C14H16ClN3O2S. The Morgan fingerprint density at radius 3 is 2.90 bits per heavy atom. The van der Waals surface area contributed by atoms with Crippen LogP contribution < -0.4 is 9.47 Å². The van der Waals surface area contributed by atoms with Crippen LogP contribution >= 0.6 is 23.1 Å². The Kier molecular flexibility index (Phi) is 4.57. The monoisotopic (exact) mass is 325 g/mol. The summed E-state index contributed by atoms with van der Waals surface area (Å²) in [6.07, 6.45) is 0.00483. The van der Waals surface area contributed by atoms with Crippen molar-refractivity contribution in [2.75, 3.05) is 19.7 Å². The number of likely N-dealkylation sites (N-methyl/N-ethyl adjacent to an activating group) is 1. The van der Waals surface area contributed by atoms with Crippen LogP contribution in [0.1, 0.15) is 12.6 Å². The highest BCUT2D eigenvalue weighted by atomic mass is 35.5. The molecule has 0 N–H and O–H groups in total. The maximum absolute atomic E-state index is 6.06. The van der Waals surface area contributed by atoms with Gasteiger partial charge in [-0.15, -0.1) is 5.10 Å². The fourth-order valence-electron chi connectivity index (χ4n) is 2.25. The van der Waals surface area contributed by atoms with E-state index in [1.165, 1.54) is 11.5 Å². The molecule has 1 aromatic heterocycles. The molecule has 1 atom stereocenters. The van der Waals surface area contributed by atoms with E-state index in [1.807, 2.05) is 24.3 Å². The number of para-hydroxylation sites is 2. The molecule has 1 aromatic carbocycles. The first kappa shape index (κ1) is 14.6. The van der Waals surface area contributed by atoms with E-state index in [4.69, 9.17) is 21.1 Å². The van der Waals surface area contributed by atoms with Crippen LogP contribution in [0, 0.1) is 0 Å². The summed E-state index contributed by atoms with van der Waals surface area (Å²) in [5, 5.41) is 4.06. The highest BCUT2D eigenvalue weighted by molar-refractivity contribution is 7.10. The van der Waals surface area contributed by atoms with Gasteiger partial charge < -0.3 is 9.47 Å². The lowest BCUT2D eigenvalue weighted by molar-refractivity contribution is 0.0577. The fourth-order valence-corrected chi connectivity index (χ4v) is 2.86. The van der Waals surface area contributed by atoms with Gasteiger partial charge in [-0.1, -0.05) is 35.1 Å². The van der Waals surface area contributed by atoms with Gasteiger partial charge in [0, 0.05) is 24.6 Å². The molecule has 0 aliphatic carbocycles. The molecule has 3 rings (SSSR count). The van der Waals surface area contributed by atoms with Crippen molar-refractivity contribution in [3.05, 3.63) is 34.3 Å². The molecule has 0 radical (unpaired) electrons. The largest absolute Gasteiger partial charge is 0.486 e. The minimum absolute atomic E-state index is 0.00483. The Morgan fingerprint density at radius 2 is 2.19 bits per heavy atom. The Bertz CT molecular complexity index is 607. The first-order chi connectivity index (χ1) is 10.3. The zero-order valence-electron chi connectivity index (χ0n) is 11.7. The van der Waals surface area contributed by atoms with Crippen molar-refractivity contribution in [2.45, 2.75) is 19.6 Å². The average molecular weight is 326 g/mol. The zero-order valence-corrected chi connectivity index (χ0v) is 13.2. The number of benzene rings is 1. The van der Waals surface area contributed by atoms with E-state index < -0.39 is 0 Å². The van der Waals surface area contributed by atoms with Crippen molar-refractivity contribution >= 4 is 23.1 Å². The molecule has 21 heavy (non-hydrogen) atoms. The summed E-state index contributed by atoms with van der Waals surface area (Å²) in [5.41, 5.74) is 0.820. The van der Waals surface area contributed by atoms with Gasteiger partial charge in [0.25, 0.3) is 0 Å². The van der Waals surface area contributed by atoms with Crippen LogP contribution in [0.3, 0.4) is 0 Å². The number of rotatable bonds is 5. The van der Waals surface area contributed by atoms with Crippen LogP contribution in [0.4, 0.5) is 0 Å². The van der Waals surface area contributed by atoms with Gasteiger partial charge in [-0.25, -0.2) is 0 Å². The lowest BCUT2D eigenvalue weighted by atomic mass is 10.2. The number of hydrogen-bond donors (Lipinski definition) is 0. The maximum Gasteiger partial charge on any atom is 0.161 e. The van der Waals surface area contributed by atoms with Gasteiger partial charge in [-0.2, -0.15) is 0 Å². The molecule has 1 aliphatic heterocycles. The smallest absolute Gasteiger partial charge is 0.161 e. The van der Waals surface area contributed by atoms with Gasteiger partial charge in [0.2, 0.25) is 0 Å². The standard InChI is InChI=1S/C14H16ClN3O2S/c1-2-18(8-11-14(15)21-17-16-11)7-10-9-19-12-5-3-4-6-13(12)20-10/h3-6,10H,2,7-9H2,1H3. The molecule has 0 spiro atoms. The van der Waals surface area contributed by atoms with Crippen LogP contribution in [0.5, 0.6) is 11.5 Å². The SMILES string of the molecule is CCN(Cc1nnsc1Cl)CC1COc2ccccc2O1. The number of nitrogens with zero attached hydrogens (tertiary/aromatic N) is 3. The summed E-state index contributed by atoms with van der Waals surface area (Å²) in [5.74, 6) is 1.61. The molecule has 1 unspecified atom stereocenters. The summed E-state index contributed by atoms with van der Waals surface area (Å²) in [6.45, 7) is 4.98. The summed E-state index contributed by atoms with van der Waals surface area (Å²) in [7, 11) is 0. The van der Waals surface area contributed by atoms with E-state index in [9.17, 15) is 0 Å². The molecule has 2 heterocycles. The maximum atomic E-state index is 6.06. The van der Waals surface area contributed by atoms with Crippen molar-refractivity contribution < 1.29 is 9.47 Å². The minimum Gasteiger partial charge on any atom is -0.486 e. The Labute approximate surface area is 132 Å². The number of halogens is 1. The molecular weight excluding hydrogens is 310 g/mol. The average Bonchev–Trinajstić information content (AvgIpc) is 2.91.